The maximum Gasteiger partial charge on any atom is 0.266 e. The molecule has 0 aromatic heterocycles. The Morgan fingerprint density at radius 3 is 2.68 bits per heavy atom. The number of halogens is 1. The molecular formula is C15H16ClNO3S2. The average Bonchev–Trinajstić information content (AvgIpc) is 2.74. The van der Waals surface area contributed by atoms with Gasteiger partial charge in [0, 0.05) is 6.54 Å². The van der Waals surface area contributed by atoms with Gasteiger partial charge in [0.25, 0.3) is 5.91 Å². The summed E-state index contributed by atoms with van der Waals surface area (Å²) in [5, 5.41) is 0.428. The number of ether oxygens (including phenoxy) is 2. The van der Waals surface area contributed by atoms with Crippen LogP contribution >= 0.6 is 35.6 Å². The fraction of sp³-hybridized carbons (Fsp3) is 0.333. The molecule has 0 saturated carbocycles. The van der Waals surface area contributed by atoms with Crippen molar-refractivity contribution in [3.8, 4) is 11.5 Å². The minimum absolute atomic E-state index is 0.0669. The van der Waals surface area contributed by atoms with Gasteiger partial charge in [-0.25, -0.2) is 0 Å². The minimum Gasteiger partial charge on any atom is -0.493 e. The van der Waals surface area contributed by atoms with Crippen LogP contribution in [0.5, 0.6) is 11.5 Å². The van der Waals surface area contributed by atoms with E-state index in [4.69, 9.17) is 33.3 Å². The van der Waals surface area contributed by atoms with E-state index >= 15 is 0 Å². The highest BCUT2D eigenvalue weighted by molar-refractivity contribution is 8.26. The summed E-state index contributed by atoms with van der Waals surface area (Å²) in [7, 11) is 3.07. The van der Waals surface area contributed by atoms with Crippen molar-refractivity contribution in [1.29, 1.82) is 0 Å². The Balaban J connectivity index is 2.36. The fourth-order valence-corrected chi connectivity index (χ4v) is 3.69. The standard InChI is InChI=1S/C15H16ClNO3S2/c1-4-5-17-14(18)12(22-15(17)21)8-9-6-10(16)13(20-3)11(7-9)19-2/h6-8H,4-5H2,1-3H3/b12-8+. The van der Waals surface area contributed by atoms with E-state index in [1.54, 1.807) is 30.2 Å². The van der Waals surface area contributed by atoms with Crippen LogP contribution in [-0.2, 0) is 4.79 Å². The van der Waals surface area contributed by atoms with E-state index in [9.17, 15) is 4.79 Å². The third kappa shape index (κ3) is 3.39. The molecule has 0 radical (unpaired) electrons. The van der Waals surface area contributed by atoms with Gasteiger partial charge in [-0.2, -0.15) is 0 Å². The van der Waals surface area contributed by atoms with Gasteiger partial charge in [0.2, 0.25) is 0 Å². The molecule has 0 aliphatic carbocycles. The molecular weight excluding hydrogens is 342 g/mol. The lowest BCUT2D eigenvalue weighted by atomic mass is 10.2. The van der Waals surface area contributed by atoms with E-state index in [-0.39, 0.29) is 5.91 Å². The van der Waals surface area contributed by atoms with Crippen molar-refractivity contribution in [3.63, 3.8) is 0 Å². The smallest absolute Gasteiger partial charge is 0.266 e. The van der Waals surface area contributed by atoms with Crippen LogP contribution in [0.3, 0.4) is 0 Å². The summed E-state index contributed by atoms with van der Waals surface area (Å²) in [5.74, 6) is 0.924. The lowest BCUT2D eigenvalue weighted by Crippen LogP contribution is -2.28. The van der Waals surface area contributed by atoms with Crippen molar-refractivity contribution < 1.29 is 14.3 Å². The first-order valence-electron chi connectivity index (χ1n) is 6.68. The van der Waals surface area contributed by atoms with Crippen LogP contribution in [0, 0.1) is 0 Å². The van der Waals surface area contributed by atoms with Crippen molar-refractivity contribution >= 4 is 51.9 Å². The Morgan fingerprint density at radius 2 is 2.09 bits per heavy atom. The molecule has 0 unspecified atom stereocenters. The number of hydrogen-bond acceptors (Lipinski definition) is 5. The van der Waals surface area contributed by atoms with Crippen molar-refractivity contribution in [2.24, 2.45) is 0 Å². The van der Waals surface area contributed by atoms with E-state index < -0.39 is 0 Å². The van der Waals surface area contributed by atoms with Crippen LogP contribution in [0.2, 0.25) is 5.02 Å². The largest absolute Gasteiger partial charge is 0.493 e. The molecule has 22 heavy (non-hydrogen) atoms. The first-order valence-corrected chi connectivity index (χ1v) is 8.29. The van der Waals surface area contributed by atoms with Crippen LogP contribution in [0.15, 0.2) is 17.0 Å². The average molecular weight is 358 g/mol. The molecule has 1 aliphatic rings. The lowest BCUT2D eigenvalue weighted by molar-refractivity contribution is -0.122. The molecule has 1 saturated heterocycles. The number of thioether (sulfide) groups is 1. The van der Waals surface area contributed by atoms with Crippen LogP contribution in [0.4, 0.5) is 0 Å². The van der Waals surface area contributed by atoms with Crippen LogP contribution in [-0.4, -0.2) is 35.9 Å². The fourth-order valence-electron chi connectivity index (χ4n) is 2.09. The summed E-state index contributed by atoms with van der Waals surface area (Å²) in [4.78, 5) is 14.5. The minimum atomic E-state index is -0.0669. The maximum absolute atomic E-state index is 12.3. The molecule has 4 nitrogen and oxygen atoms in total. The Labute approximate surface area is 144 Å². The number of carbonyl (C=O) groups excluding carboxylic acids is 1. The molecule has 0 N–H and O–H groups in total. The number of methoxy groups -OCH3 is 2. The van der Waals surface area contributed by atoms with Crippen molar-refractivity contribution in [1.82, 2.24) is 4.90 Å². The van der Waals surface area contributed by atoms with Gasteiger partial charge in [-0.3, -0.25) is 9.69 Å². The van der Waals surface area contributed by atoms with E-state index in [2.05, 4.69) is 0 Å². The number of rotatable bonds is 5. The molecule has 1 amide bonds. The molecule has 0 atom stereocenters. The molecule has 118 valence electrons. The molecule has 1 fully saturated rings. The molecule has 1 heterocycles. The number of benzene rings is 1. The monoisotopic (exact) mass is 357 g/mol. The second kappa shape index (κ2) is 7.35. The normalized spacial score (nSPS) is 16.5. The molecule has 0 spiro atoms. The van der Waals surface area contributed by atoms with Gasteiger partial charge in [0.15, 0.2) is 11.5 Å². The molecule has 0 bridgehead atoms. The van der Waals surface area contributed by atoms with Gasteiger partial charge in [0.1, 0.15) is 4.32 Å². The summed E-state index contributed by atoms with van der Waals surface area (Å²) in [6.45, 7) is 2.64. The summed E-state index contributed by atoms with van der Waals surface area (Å²) >= 11 is 12.7. The van der Waals surface area contributed by atoms with E-state index in [0.717, 1.165) is 12.0 Å². The first kappa shape index (κ1) is 17.1. The summed E-state index contributed by atoms with van der Waals surface area (Å²) < 4.78 is 11.1. The molecule has 1 aromatic rings. The highest BCUT2D eigenvalue weighted by atomic mass is 35.5. The SMILES string of the molecule is CCCN1C(=O)/C(=C\c2cc(Cl)c(OC)c(OC)c2)SC1=S. The quantitative estimate of drug-likeness (QED) is 0.589. The second-order valence-corrected chi connectivity index (χ2v) is 6.65. The summed E-state index contributed by atoms with van der Waals surface area (Å²) in [5.41, 5.74) is 0.764. The number of hydrogen-bond donors (Lipinski definition) is 0. The third-order valence-electron chi connectivity index (χ3n) is 3.07. The first-order chi connectivity index (χ1) is 10.5. The Hall–Kier alpha value is -1.24. The summed E-state index contributed by atoms with van der Waals surface area (Å²) in [6, 6.07) is 3.51. The van der Waals surface area contributed by atoms with Crippen LogP contribution in [0.25, 0.3) is 6.08 Å². The zero-order chi connectivity index (χ0) is 16.3. The Bertz CT molecular complexity index is 646. The van der Waals surface area contributed by atoms with Crippen molar-refractivity contribution in [2.75, 3.05) is 20.8 Å². The number of thiocarbonyl (C=S) groups is 1. The van der Waals surface area contributed by atoms with E-state index in [1.165, 1.54) is 18.9 Å². The van der Waals surface area contributed by atoms with Crippen LogP contribution in [0.1, 0.15) is 18.9 Å². The van der Waals surface area contributed by atoms with Gasteiger partial charge < -0.3 is 9.47 Å². The highest BCUT2D eigenvalue weighted by Crippen LogP contribution is 2.38. The maximum atomic E-state index is 12.3. The lowest BCUT2D eigenvalue weighted by Gasteiger charge is -2.12. The van der Waals surface area contributed by atoms with Gasteiger partial charge in [-0.15, -0.1) is 0 Å². The second-order valence-electron chi connectivity index (χ2n) is 4.57. The highest BCUT2D eigenvalue weighted by Gasteiger charge is 2.31. The molecule has 7 heteroatoms. The third-order valence-corrected chi connectivity index (χ3v) is 4.73. The molecule has 1 aromatic carbocycles. The Morgan fingerprint density at radius 1 is 1.36 bits per heavy atom. The van der Waals surface area contributed by atoms with E-state index in [1.807, 2.05) is 6.92 Å². The van der Waals surface area contributed by atoms with Crippen LogP contribution < -0.4 is 9.47 Å². The molecule has 2 rings (SSSR count). The Kier molecular flexibility index (Phi) is 5.72. The molecule has 1 aliphatic heterocycles. The summed E-state index contributed by atoms with van der Waals surface area (Å²) in [6.07, 6.45) is 2.63. The predicted molar refractivity (Wildman–Crippen MR) is 94.7 cm³/mol. The van der Waals surface area contributed by atoms with Gasteiger partial charge in [-0.1, -0.05) is 42.5 Å². The number of nitrogens with zero attached hydrogens (tertiary/aromatic N) is 1. The predicted octanol–water partition coefficient (Wildman–Crippen LogP) is 3.97. The number of carbonyl (C=O) groups is 1. The van der Waals surface area contributed by atoms with Gasteiger partial charge in [0.05, 0.1) is 24.1 Å². The van der Waals surface area contributed by atoms with E-state index in [0.29, 0.717) is 32.3 Å². The topological polar surface area (TPSA) is 38.8 Å². The number of amides is 1. The van der Waals surface area contributed by atoms with Gasteiger partial charge in [-0.05, 0) is 30.2 Å². The zero-order valence-electron chi connectivity index (χ0n) is 12.5. The van der Waals surface area contributed by atoms with Crippen molar-refractivity contribution in [2.45, 2.75) is 13.3 Å². The van der Waals surface area contributed by atoms with Gasteiger partial charge >= 0.3 is 0 Å². The van der Waals surface area contributed by atoms with Crippen molar-refractivity contribution in [3.05, 3.63) is 27.6 Å². The zero-order valence-corrected chi connectivity index (χ0v) is 14.9.